The second-order valence-corrected chi connectivity index (χ2v) is 6.09. The lowest BCUT2D eigenvalue weighted by atomic mass is 9.95. The van der Waals surface area contributed by atoms with Crippen LogP contribution in [0.5, 0.6) is 0 Å². The van der Waals surface area contributed by atoms with Crippen LogP contribution >= 0.6 is 0 Å². The number of fused-ring (bicyclic) bond motifs is 1. The van der Waals surface area contributed by atoms with Crippen molar-refractivity contribution < 1.29 is 0 Å². The minimum Gasteiger partial charge on any atom is -0.308 e. The Kier molecular flexibility index (Phi) is 6.06. The average Bonchev–Trinajstić information content (AvgIpc) is 2.51. The summed E-state index contributed by atoms with van der Waals surface area (Å²) in [4.78, 5) is 2.63. The van der Waals surface area contributed by atoms with Gasteiger partial charge in [0, 0.05) is 25.7 Å². The minimum absolute atomic E-state index is 0.610. The van der Waals surface area contributed by atoms with Crippen LogP contribution in [0.4, 0.5) is 0 Å². The van der Waals surface area contributed by atoms with Gasteiger partial charge in [0.05, 0.1) is 0 Å². The number of likely N-dealkylation sites (N-methyl/N-ethyl adjacent to an activating group) is 1. The summed E-state index contributed by atoms with van der Waals surface area (Å²) in [7, 11) is 0. The fourth-order valence-corrected chi connectivity index (χ4v) is 3.21. The Morgan fingerprint density at radius 2 is 1.85 bits per heavy atom. The fourth-order valence-electron chi connectivity index (χ4n) is 3.21. The molecule has 1 atom stereocenters. The molecule has 0 radical (unpaired) electrons. The third kappa shape index (κ3) is 4.07. The molecule has 2 heteroatoms. The number of benzene rings is 1. The van der Waals surface area contributed by atoms with Crippen molar-refractivity contribution in [3.05, 3.63) is 35.4 Å². The van der Waals surface area contributed by atoms with Gasteiger partial charge in [-0.05, 0) is 30.0 Å². The van der Waals surface area contributed by atoms with Gasteiger partial charge in [0.25, 0.3) is 0 Å². The highest BCUT2D eigenvalue weighted by molar-refractivity contribution is 5.29. The maximum Gasteiger partial charge on any atom is 0.0238 e. The molecule has 2 rings (SSSR count). The summed E-state index contributed by atoms with van der Waals surface area (Å²) in [5, 5.41) is 3.71. The molecule has 0 aliphatic carbocycles. The summed E-state index contributed by atoms with van der Waals surface area (Å²) in [5.74, 6) is 0.853. The molecule has 1 heterocycles. The zero-order valence-corrected chi connectivity index (χ0v) is 13.4. The van der Waals surface area contributed by atoms with Gasteiger partial charge < -0.3 is 10.2 Å². The van der Waals surface area contributed by atoms with Crippen LogP contribution in [0.3, 0.4) is 0 Å². The summed E-state index contributed by atoms with van der Waals surface area (Å²) in [5.41, 5.74) is 3.02. The van der Waals surface area contributed by atoms with E-state index in [1.54, 1.807) is 0 Å². The Balaban J connectivity index is 1.89. The Labute approximate surface area is 124 Å². The van der Waals surface area contributed by atoms with Gasteiger partial charge in [0.2, 0.25) is 0 Å². The highest BCUT2D eigenvalue weighted by atomic mass is 15.1. The normalized spacial score (nSPS) is 18.6. The standard InChI is InChI=1S/C18H30N2/c1-4-15(5-2)13-20(6-3)14-18-11-16-9-7-8-10-17(16)12-19-18/h7-10,15,18-19H,4-6,11-14H2,1-3H3. The van der Waals surface area contributed by atoms with Crippen LogP contribution in [0.15, 0.2) is 24.3 Å². The Hall–Kier alpha value is -0.860. The molecular formula is C18H30N2. The molecule has 0 amide bonds. The monoisotopic (exact) mass is 274 g/mol. The lowest BCUT2D eigenvalue weighted by Gasteiger charge is -2.32. The molecular weight excluding hydrogens is 244 g/mol. The predicted octanol–water partition coefficient (Wildman–Crippen LogP) is 3.46. The summed E-state index contributed by atoms with van der Waals surface area (Å²) in [6.07, 6.45) is 3.78. The van der Waals surface area contributed by atoms with Gasteiger partial charge in [-0.15, -0.1) is 0 Å². The van der Waals surface area contributed by atoms with E-state index in [0.29, 0.717) is 6.04 Å². The van der Waals surface area contributed by atoms with Crippen LogP contribution in [0.2, 0.25) is 0 Å². The maximum atomic E-state index is 3.71. The van der Waals surface area contributed by atoms with E-state index in [4.69, 9.17) is 0 Å². The van der Waals surface area contributed by atoms with E-state index in [1.165, 1.54) is 43.5 Å². The van der Waals surface area contributed by atoms with E-state index in [-0.39, 0.29) is 0 Å². The SMILES string of the molecule is CCC(CC)CN(CC)CC1Cc2ccccc2CN1. The second kappa shape index (κ2) is 7.80. The van der Waals surface area contributed by atoms with Crippen LogP contribution in [0.1, 0.15) is 44.7 Å². The molecule has 0 fully saturated rings. The summed E-state index contributed by atoms with van der Waals surface area (Å²) in [6, 6.07) is 9.47. The molecule has 112 valence electrons. The van der Waals surface area contributed by atoms with Crippen LogP contribution in [-0.4, -0.2) is 30.6 Å². The Bertz CT molecular complexity index is 398. The molecule has 20 heavy (non-hydrogen) atoms. The van der Waals surface area contributed by atoms with Crippen molar-refractivity contribution in [2.75, 3.05) is 19.6 Å². The second-order valence-electron chi connectivity index (χ2n) is 6.09. The summed E-state index contributed by atoms with van der Waals surface area (Å²) >= 11 is 0. The van der Waals surface area contributed by atoms with Crippen molar-refractivity contribution in [3.8, 4) is 0 Å². The molecule has 1 unspecified atom stereocenters. The van der Waals surface area contributed by atoms with Gasteiger partial charge >= 0.3 is 0 Å². The number of hydrogen-bond acceptors (Lipinski definition) is 2. The van der Waals surface area contributed by atoms with Gasteiger partial charge in [-0.2, -0.15) is 0 Å². The summed E-state index contributed by atoms with van der Waals surface area (Å²) in [6.45, 7) is 11.6. The lowest BCUT2D eigenvalue weighted by Crippen LogP contribution is -2.45. The molecule has 0 saturated heterocycles. The van der Waals surface area contributed by atoms with Gasteiger partial charge in [-0.1, -0.05) is 57.9 Å². The van der Waals surface area contributed by atoms with Crippen LogP contribution in [0, 0.1) is 5.92 Å². The predicted molar refractivity (Wildman–Crippen MR) is 87.0 cm³/mol. The summed E-state index contributed by atoms with van der Waals surface area (Å²) < 4.78 is 0. The van der Waals surface area contributed by atoms with Gasteiger partial charge in [-0.25, -0.2) is 0 Å². The first-order valence-electron chi connectivity index (χ1n) is 8.29. The van der Waals surface area contributed by atoms with Crippen molar-refractivity contribution in [1.82, 2.24) is 10.2 Å². The smallest absolute Gasteiger partial charge is 0.0238 e. The maximum absolute atomic E-state index is 3.71. The van der Waals surface area contributed by atoms with Crippen molar-refractivity contribution in [1.29, 1.82) is 0 Å². The van der Waals surface area contributed by atoms with Crippen molar-refractivity contribution in [2.24, 2.45) is 5.92 Å². The first kappa shape index (κ1) is 15.5. The molecule has 0 saturated carbocycles. The third-order valence-electron chi connectivity index (χ3n) is 4.76. The molecule has 1 aliphatic rings. The van der Waals surface area contributed by atoms with E-state index in [2.05, 4.69) is 55.3 Å². The van der Waals surface area contributed by atoms with E-state index in [9.17, 15) is 0 Å². The van der Waals surface area contributed by atoms with Crippen molar-refractivity contribution >= 4 is 0 Å². The first-order valence-corrected chi connectivity index (χ1v) is 8.29. The van der Waals surface area contributed by atoms with Gasteiger partial charge in [-0.3, -0.25) is 0 Å². The number of rotatable bonds is 7. The third-order valence-corrected chi connectivity index (χ3v) is 4.76. The van der Waals surface area contributed by atoms with Gasteiger partial charge in [0.15, 0.2) is 0 Å². The number of hydrogen-bond donors (Lipinski definition) is 1. The highest BCUT2D eigenvalue weighted by Gasteiger charge is 2.20. The fraction of sp³-hybridized carbons (Fsp3) is 0.667. The first-order chi connectivity index (χ1) is 9.76. The van der Waals surface area contributed by atoms with Crippen LogP contribution in [-0.2, 0) is 13.0 Å². The van der Waals surface area contributed by atoms with E-state index in [0.717, 1.165) is 19.0 Å². The van der Waals surface area contributed by atoms with E-state index in [1.807, 2.05) is 0 Å². The van der Waals surface area contributed by atoms with E-state index < -0.39 is 0 Å². The largest absolute Gasteiger partial charge is 0.308 e. The van der Waals surface area contributed by atoms with Gasteiger partial charge in [0.1, 0.15) is 0 Å². The highest BCUT2D eigenvalue weighted by Crippen LogP contribution is 2.17. The molecule has 1 aliphatic heterocycles. The molecule has 0 bridgehead atoms. The van der Waals surface area contributed by atoms with Crippen LogP contribution < -0.4 is 5.32 Å². The molecule has 1 aromatic carbocycles. The Morgan fingerprint density at radius 1 is 1.15 bits per heavy atom. The minimum atomic E-state index is 0.610. The van der Waals surface area contributed by atoms with Crippen LogP contribution in [0.25, 0.3) is 0 Å². The average molecular weight is 274 g/mol. The van der Waals surface area contributed by atoms with E-state index >= 15 is 0 Å². The quantitative estimate of drug-likeness (QED) is 0.819. The molecule has 0 spiro atoms. The van der Waals surface area contributed by atoms with Crippen molar-refractivity contribution in [2.45, 2.75) is 52.6 Å². The zero-order valence-electron chi connectivity index (χ0n) is 13.4. The Morgan fingerprint density at radius 3 is 2.50 bits per heavy atom. The van der Waals surface area contributed by atoms with Crippen molar-refractivity contribution in [3.63, 3.8) is 0 Å². The molecule has 1 aromatic rings. The molecule has 0 aromatic heterocycles. The zero-order chi connectivity index (χ0) is 14.4. The topological polar surface area (TPSA) is 15.3 Å². The number of nitrogens with zero attached hydrogens (tertiary/aromatic N) is 1. The number of nitrogens with one attached hydrogen (secondary N) is 1. The molecule has 1 N–H and O–H groups in total. The molecule has 2 nitrogen and oxygen atoms in total. The lowest BCUT2D eigenvalue weighted by molar-refractivity contribution is 0.206.